The van der Waals surface area contributed by atoms with Gasteiger partial charge in [0.15, 0.2) is 11.5 Å². The van der Waals surface area contributed by atoms with Gasteiger partial charge < -0.3 is 16.4 Å². The zero-order valence-electron chi connectivity index (χ0n) is 9.30. The summed E-state index contributed by atoms with van der Waals surface area (Å²) in [4.78, 5) is 24.5. The summed E-state index contributed by atoms with van der Waals surface area (Å²) in [6.07, 6.45) is 2.04. The molecule has 4 N–H and O–H groups in total. The number of nitrogens with two attached hydrogens (primary N) is 2. The number of anilines is 1. The molecule has 1 aliphatic rings. The molecule has 0 radical (unpaired) electrons. The molecule has 0 bridgehead atoms. The topological polar surface area (TPSA) is 120 Å². The predicted octanol–water partition coefficient (Wildman–Crippen LogP) is -1.42. The Hall–Kier alpha value is -2.12. The molecule has 0 aliphatic carbocycles. The van der Waals surface area contributed by atoms with Crippen LogP contribution in [0.2, 0.25) is 0 Å². The van der Waals surface area contributed by atoms with Gasteiger partial charge in [-0.05, 0) is 12.8 Å². The Labute approximate surface area is 97.5 Å². The van der Waals surface area contributed by atoms with E-state index in [2.05, 4.69) is 10.3 Å². The Morgan fingerprint density at radius 3 is 2.47 bits per heavy atom. The Morgan fingerprint density at radius 2 is 1.94 bits per heavy atom. The first-order valence-corrected chi connectivity index (χ1v) is 5.36. The number of carbonyl (C=O) groups is 2. The van der Waals surface area contributed by atoms with Gasteiger partial charge in [-0.2, -0.15) is 0 Å². The second-order valence-electron chi connectivity index (χ2n) is 3.93. The van der Waals surface area contributed by atoms with Gasteiger partial charge in [-0.3, -0.25) is 9.59 Å². The minimum absolute atomic E-state index is 0.00782. The number of nitrogens with zero attached hydrogens (tertiary/aromatic N) is 4. The molecule has 1 aromatic heterocycles. The Bertz CT molecular complexity index is 448. The summed E-state index contributed by atoms with van der Waals surface area (Å²) in [5.41, 5.74) is 10.6. The molecule has 0 atom stereocenters. The number of rotatable bonds is 3. The van der Waals surface area contributed by atoms with E-state index in [1.165, 1.54) is 4.68 Å². The summed E-state index contributed by atoms with van der Waals surface area (Å²) in [6.45, 7) is 1.51. The van der Waals surface area contributed by atoms with Crippen molar-refractivity contribution >= 4 is 17.6 Å². The second-order valence-corrected chi connectivity index (χ2v) is 3.93. The average molecular weight is 238 g/mol. The summed E-state index contributed by atoms with van der Waals surface area (Å²) >= 11 is 0. The van der Waals surface area contributed by atoms with Crippen molar-refractivity contribution in [3.05, 3.63) is 5.69 Å². The highest BCUT2D eigenvalue weighted by molar-refractivity contribution is 5.95. The first-order chi connectivity index (χ1) is 8.09. The lowest BCUT2D eigenvalue weighted by Crippen LogP contribution is -2.31. The van der Waals surface area contributed by atoms with Crippen molar-refractivity contribution in [3.8, 4) is 0 Å². The van der Waals surface area contributed by atoms with E-state index in [0.717, 1.165) is 25.9 Å². The van der Waals surface area contributed by atoms with Crippen LogP contribution in [0.3, 0.4) is 0 Å². The van der Waals surface area contributed by atoms with E-state index in [4.69, 9.17) is 11.5 Å². The Balaban J connectivity index is 2.08. The lowest BCUT2D eigenvalue weighted by atomic mass is 10.4. The summed E-state index contributed by atoms with van der Waals surface area (Å²) in [5.74, 6) is -0.789. The van der Waals surface area contributed by atoms with E-state index in [9.17, 15) is 9.59 Å². The molecule has 2 amide bonds. The summed E-state index contributed by atoms with van der Waals surface area (Å²) in [6, 6.07) is 0. The number of likely N-dealkylation sites (tertiary alicyclic amines) is 1. The first-order valence-electron chi connectivity index (χ1n) is 5.36. The minimum Gasteiger partial charge on any atom is -0.382 e. The van der Waals surface area contributed by atoms with E-state index in [1.807, 2.05) is 0 Å². The van der Waals surface area contributed by atoms with E-state index >= 15 is 0 Å². The molecule has 8 nitrogen and oxygen atoms in total. The lowest BCUT2D eigenvalue weighted by Gasteiger charge is -2.14. The highest BCUT2D eigenvalue weighted by Gasteiger charge is 2.21. The van der Waals surface area contributed by atoms with Crippen LogP contribution in [0.5, 0.6) is 0 Å². The molecular formula is C9H14N6O2. The van der Waals surface area contributed by atoms with E-state index in [1.54, 1.807) is 4.90 Å². The minimum atomic E-state index is -0.748. The van der Waals surface area contributed by atoms with Crippen LogP contribution in [-0.2, 0) is 11.3 Å². The Morgan fingerprint density at radius 1 is 1.29 bits per heavy atom. The predicted molar refractivity (Wildman–Crippen MR) is 58.8 cm³/mol. The van der Waals surface area contributed by atoms with Crippen molar-refractivity contribution in [1.82, 2.24) is 19.9 Å². The molecule has 0 aromatic carbocycles. The van der Waals surface area contributed by atoms with Crippen molar-refractivity contribution in [2.24, 2.45) is 5.73 Å². The van der Waals surface area contributed by atoms with Crippen molar-refractivity contribution in [3.63, 3.8) is 0 Å². The third-order valence-corrected chi connectivity index (χ3v) is 2.75. The molecule has 8 heteroatoms. The number of hydrogen-bond acceptors (Lipinski definition) is 5. The molecule has 1 fully saturated rings. The fourth-order valence-corrected chi connectivity index (χ4v) is 1.81. The lowest BCUT2D eigenvalue weighted by molar-refractivity contribution is -0.130. The maximum Gasteiger partial charge on any atom is 0.273 e. The van der Waals surface area contributed by atoms with Crippen LogP contribution >= 0.6 is 0 Å². The molecule has 0 unspecified atom stereocenters. The molecule has 2 rings (SSSR count). The van der Waals surface area contributed by atoms with Gasteiger partial charge in [-0.15, -0.1) is 5.10 Å². The van der Waals surface area contributed by atoms with E-state index in [0.29, 0.717) is 0 Å². The van der Waals surface area contributed by atoms with Crippen molar-refractivity contribution in [2.75, 3.05) is 18.8 Å². The van der Waals surface area contributed by atoms with Crippen LogP contribution < -0.4 is 11.5 Å². The van der Waals surface area contributed by atoms with Gasteiger partial charge in [0.25, 0.3) is 5.91 Å². The highest BCUT2D eigenvalue weighted by Crippen LogP contribution is 2.11. The zero-order chi connectivity index (χ0) is 12.4. The van der Waals surface area contributed by atoms with Crippen LogP contribution in [0.4, 0.5) is 5.82 Å². The highest BCUT2D eigenvalue weighted by atomic mass is 16.2. The first kappa shape index (κ1) is 11.4. The largest absolute Gasteiger partial charge is 0.382 e. The fourth-order valence-electron chi connectivity index (χ4n) is 1.81. The number of aromatic nitrogens is 3. The van der Waals surface area contributed by atoms with Gasteiger partial charge in [-0.1, -0.05) is 5.21 Å². The smallest absolute Gasteiger partial charge is 0.273 e. The number of amides is 2. The molecule has 0 saturated carbocycles. The molecule has 2 heterocycles. The van der Waals surface area contributed by atoms with Gasteiger partial charge in [0, 0.05) is 13.1 Å². The molecular weight excluding hydrogens is 224 g/mol. The maximum atomic E-state index is 11.8. The molecule has 1 aromatic rings. The zero-order valence-corrected chi connectivity index (χ0v) is 9.30. The molecule has 0 spiro atoms. The normalized spacial score (nSPS) is 15.2. The maximum absolute atomic E-state index is 11.8. The van der Waals surface area contributed by atoms with Gasteiger partial charge in [0.1, 0.15) is 6.54 Å². The average Bonchev–Trinajstić information content (AvgIpc) is 2.89. The fraction of sp³-hybridized carbons (Fsp3) is 0.556. The van der Waals surface area contributed by atoms with Crippen LogP contribution in [0.15, 0.2) is 0 Å². The van der Waals surface area contributed by atoms with Crippen LogP contribution in [-0.4, -0.2) is 44.8 Å². The van der Waals surface area contributed by atoms with Crippen LogP contribution in [0.25, 0.3) is 0 Å². The standard InChI is InChI=1S/C9H14N6O2/c10-8-7(9(11)17)12-13-15(8)5-6(16)14-3-1-2-4-14/h1-5,10H2,(H2,11,17). The summed E-state index contributed by atoms with van der Waals surface area (Å²) < 4.78 is 1.20. The molecule has 1 aliphatic heterocycles. The Kier molecular flexibility index (Phi) is 2.94. The van der Waals surface area contributed by atoms with Gasteiger partial charge in [0.05, 0.1) is 0 Å². The third kappa shape index (κ3) is 2.19. The van der Waals surface area contributed by atoms with Crippen LogP contribution in [0.1, 0.15) is 23.3 Å². The number of hydrogen-bond donors (Lipinski definition) is 2. The van der Waals surface area contributed by atoms with Crippen LogP contribution in [0, 0.1) is 0 Å². The van der Waals surface area contributed by atoms with Gasteiger partial charge >= 0.3 is 0 Å². The quantitative estimate of drug-likeness (QED) is 0.669. The number of primary amides is 1. The molecule has 1 saturated heterocycles. The monoisotopic (exact) mass is 238 g/mol. The van der Waals surface area contributed by atoms with Gasteiger partial charge in [0.2, 0.25) is 5.91 Å². The van der Waals surface area contributed by atoms with Crippen molar-refractivity contribution < 1.29 is 9.59 Å². The van der Waals surface area contributed by atoms with E-state index < -0.39 is 5.91 Å². The number of carbonyl (C=O) groups excluding carboxylic acids is 2. The second kappa shape index (κ2) is 4.40. The van der Waals surface area contributed by atoms with Crippen molar-refractivity contribution in [1.29, 1.82) is 0 Å². The summed E-state index contributed by atoms with van der Waals surface area (Å²) in [5, 5.41) is 7.18. The van der Waals surface area contributed by atoms with Crippen molar-refractivity contribution in [2.45, 2.75) is 19.4 Å². The SMILES string of the molecule is NC(=O)c1nnn(CC(=O)N2CCCC2)c1N. The van der Waals surface area contributed by atoms with Gasteiger partial charge in [-0.25, -0.2) is 4.68 Å². The summed E-state index contributed by atoms with van der Waals surface area (Å²) in [7, 11) is 0. The molecule has 92 valence electrons. The molecule has 17 heavy (non-hydrogen) atoms. The van der Waals surface area contributed by atoms with E-state index in [-0.39, 0.29) is 24.0 Å². The third-order valence-electron chi connectivity index (χ3n) is 2.75. The number of nitrogen functional groups attached to an aromatic ring is 1.